The lowest BCUT2D eigenvalue weighted by molar-refractivity contribution is 0.175. The average molecular weight is 455 g/mol. The SMILES string of the molecule is CSCC(c1cc(Nc2nc(C)cn3c(-c4cn[nH]c4)cnc23)sn1)N1CCCCC1. The standard InChI is InChI=1S/C21H26N8S2/c1-14-12-29-17(15-9-23-24-10-15)11-22-21(29)20(25-14)26-19-8-16(27-31-19)18(13-30-2)28-6-4-3-5-7-28/h8-12,18H,3-7,13H2,1-2H3,(H,23,24)(H,25,26). The van der Waals surface area contributed by atoms with Crippen molar-refractivity contribution in [2.24, 2.45) is 0 Å². The van der Waals surface area contributed by atoms with Gasteiger partial charge in [0.2, 0.25) is 0 Å². The van der Waals surface area contributed by atoms with E-state index in [2.05, 4.69) is 42.1 Å². The molecule has 5 rings (SSSR count). The number of fused-ring (bicyclic) bond motifs is 1. The number of hydrogen-bond donors (Lipinski definition) is 2. The second-order valence-electron chi connectivity index (χ2n) is 7.86. The lowest BCUT2D eigenvalue weighted by Gasteiger charge is -2.33. The summed E-state index contributed by atoms with van der Waals surface area (Å²) in [6.07, 6.45) is 13.6. The maximum atomic E-state index is 4.81. The molecule has 1 atom stereocenters. The Balaban J connectivity index is 1.43. The van der Waals surface area contributed by atoms with E-state index in [-0.39, 0.29) is 0 Å². The number of aromatic amines is 1. The van der Waals surface area contributed by atoms with Crippen molar-refractivity contribution in [2.45, 2.75) is 32.2 Å². The molecule has 8 nitrogen and oxygen atoms in total. The zero-order chi connectivity index (χ0) is 21.2. The molecule has 1 fully saturated rings. The van der Waals surface area contributed by atoms with Gasteiger partial charge in [-0.2, -0.15) is 21.2 Å². The molecule has 1 aliphatic heterocycles. The normalized spacial score (nSPS) is 16.1. The monoisotopic (exact) mass is 454 g/mol. The fraction of sp³-hybridized carbons (Fsp3) is 0.429. The number of piperidine rings is 1. The Kier molecular flexibility index (Phi) is 5.93. The van der Waals surface area contributed by atoms with Crippen LogP contribution in [0.4, 0.5) is 10.8 Å². The molecule has 5 heterocycles. The topological polar surface area (TPSA) is 87.0 Å². The van der Waals surface area contributed by atoms with Gasteiger partial charge in [-0.25, -0.2) is 9.97 Å². The third-order valence-electron chi connectivity index (χ3n) is 5.67. The van der Waals surface area contributed by atoms with Crippen molar-refractivity contribution in [2.75, 3.05) is 30.4 Å². The van der Waals surface area contributed by atoms with Crippen molar-refractivity contribution in [3.05, 3.63) is 42.2 Å². The highest BCUT2D eigenvalue weighted by atomic mass is 32.2. The van der Waals surface area contributed by atoms with Crippen LogP contribution in [0.25, 0.3) is 16.9 Å². The summed E-state index contributed by atoms with van der Waals surface area (Å²) in [6.45, 7) is 4.32. The third-order valence-corrected chi connectivity index (χ3v) is 7.04. The number of likely N-dealkylation sites (tertiary alicyclic amines) is 1. The van der Waals surface area contributed by atoms with E-state index in [9.17, 15) is 0 Å². The molecule has 0 aromatic carbocycles. The Morgan fingerprint density at radius 3 is 2.90 bits per heavy atom. The molecule has 0 aliphatic carbocycles. The second kappa shape index (κ2) is 8.97. The van der Waals surface area contributed by atoms with E-state index >= 15 is 0 Å². The minimum Gasteiger partial charge on any atom is -0.328 e. The molecule has 0 amide bonds. The smallest absolute Gasteiger partial charge is 0.180 e. The van der Waals surface area contributed by atoms with Gasteiger partial charge in [0, 0.05) is 23.7 Å². The number of anilines is 2. The summed E-state index contributed by atoms with van der Waals surface area (Å²) in [5.41, 5.74) is 4.82. The van der Waals surface area contributed by atoms with Crippen LogP contribution in [-0.4, -0.2) is 58.9 Å². The first-order valence-electron chi connectivity index (χ1n) is 10.5. The van der Waals surface area contributed by atoms with Gasteiger partial charge in [0.15, 0.2) is 11.5 Å². The number of nitrogens with one attached hydrogen (secondary N) is 2. The molecule has 31 heavy (non-hydrogen) atoms. The van der Waals surface area contributed by atoms with Crippen LogP contribution in [0.3, 0.4) is 0 Å². The summed E-state index contributed by atoms with van der Waals surface area (Å²) >= 11 is 3.38. The first-order valence-corrected chi connectivity index (χ1v) is 12.7. The lowest BCUT2D eigenvalue weighted by atomic mass is 10.1. The van der Waals surface area contributed by atoms with E-state index in [0.29, 0.717) is 6.04 Å². The zero-order valence-electron chi connectivity index (χ0n) is 17.7. The summed E-state index contributed by atoms with van der Waals surface area (Å²) in [6, 6.07) is 2.55. The summed E-state index contributed by atoms with van der Waals surface area (Å²) in [5.74, 6) is 1.80. The number of hydrogen-bond acceptors (Lipinski definition) is 8. The Morgan fingerprint density at radius 2 is 2.13 bits per heavy atom. The van der Waals surface area contributed by atoms with E-state index < -0.39 is 0 Å². The molecule has 162 valence electrons. The molecule has 10 heteroatoms. The number of aromatic nitrogens is 6. The predicted octanol–water partition coefficient (Wildman–Crippen LogP) is 4.52. The van der Waals surface area contributed by atoms with Crippen molar-refractivity contribution in [1.82, 2.24) is 33.8 Å². The molecular formula is C21H26N8S2. The molecule has 0 radical (unpaired) electrons. The molecule has 1 unspecified atom stereocenters. The van der Waals surface area contributed by atoms with Crippen LogP contribution in [0.5, 0.6) is 0 Å². The first kappa shape index (κ1) is 20.5. The maximum absolute atomic E-state index is 4.81. The molecule has 0 bridgehead atoms. The van der Waals surface area contributed by atoms with Crippen LogP contribution in [0.1, 0.15) is 36.7 Å². The van der Waals surface area contributed by atoms with Crippen LogP contribution in [-0.2, 0) is 0 Å². The van der Waals surface area contributed by atoms with Gasteiger partial charge in [0.1, 0.15) is 5.00 Å². The van der Waals surface area contributed by atoms with Gasteiger partial charge in [-0.3, -0.25) is 14.4 Å². The fourth-order valence-corrected chi connectivity index (χ4v) is 5.58. The van der Waals surface area contributed by atoms with Gasteiger partial charge in [-0.15, -0.1) is 0 Å². The van der Waals surface area contributed by atoms with Crippen LogP contribution in [0.15, 0.2) is 30.9 Å². The van der Waals surface area contributed by atoms with Crippen molar-refractivity contribution >= 4 is 39.8 Å². The van der Waals surface area contributed by atoms with E-state index in [1.807, 2.05) is 37.3 Å². The molecule has 1 aliphatic rings. The maximum Gasteiger partial charge on any atom is 0.180 e. The molecule has 0 spiro atoms. The Labute approximate surface area is 189 Å². The van der Waals surface area contributed by atoms with Crippen molar-refractivity contribution in [3.8, 4) is 11.3 Å². The quantitative estimate of drug-likeness (QED) is 0.425. The highest BCUT2D eigenvalue weighted by Crippen LogP contribution is 2.32. The van der Waals surface area contributed by atoms with Crippen molar-refractivity contribution < 1.29 is 0 Å². The number of nitrogens with zero attached hydrogens (tertiary/aromatic N) is 6. The highest BCUT2D eigenvalue weighted by molar-refractivity contribution is 7.98. The van der Waals surface area contributed by atoms with Crippen LogP contribution in [0, 0.1) is 6.92 Å². The largest absolute Gasteiger partial charge is 0.328 e. The van der Waals surface area contributed by atoms with Gasteiger partial charge < -0.3 is 5.32 Å². The Hall–Kier alpha value is -2.43. The summed E-state index contributed by atoms with van der Waals surface area (Å²) in [7, 11) is 0. The van der Waals surface area contributed by atoms with E-state index in [1.165, 1.54) is 30.8 Å². The van der Waals surface area contributed by atoms with Gasteiger partial charge in [0.25, 0.3) is 0 Å². The second-order valence-corrected chi connectivity index (χ2v) is 9.58. The summed E-state index contributed by atoms with van der Waals surface area (Å²) in [5, 5.41) is 11.4. The number of aryl methyl sites for hydroxylation is 1. The zero-order valence-corrected chi connectivity index (χ0v) is 19.3. The number of rotatable bonds is 7. The first-order chi connectivity index (χ1) is 15.2. The Morgan fingerprint density at radius 1 is 1.26 bits per heavy atom. The van der Waals surface area contributed by atoms with E-state index in [1.54, 1.807) is 6.20 Å². The number of imidazole rings is 1. The predicted molar refractivity (Wildman–Crippen MR) is 127 cm³/mol. The number of thioether (sulfide) groups is 1. The molecule has 0 saturated carbocycles. The van der Waals surface area contributed by atoms with Gasteiger partial charge in [-0.1, -0.05) is 6.42 Å². The van der Waals surface area contributed by atoms with Gasteiger partial charge in [-0.05, 0) is 56.7 Å². The molecular weight excluding hydrogens is 428 g/mol. The third kappa shape index (κ3) is 4.19. The summed E-state index contributed by atoms with van der Waals surface area (Å²) in [4.78, 5) is 11.9. The average Bonchev–Trinajstić information content (AvgIpc) is 3.53. The molecule has 1 saturated heterocycles. The highest BCUT2D eigenvalue weighted by Gasteiger charge is 2.24. The van der Waals surface area contributed by atoms with Crippen LogP contribution in [0.2, 0.25) is 0 Å². The Bertz CT molecular complexity index is 1140. The van der Waals surface area contributed by atoms with Crippen molar-refractivity contribution in [1.29, 1.82) is 0 Å². The van der Waals surface area contributed by atoms with Gasteiger partial charge in [0.05, 0.1) is 35.5 Å². The van der Waals surface area contributed by atoms with Gasteiger partial charge >= 0.3 is 0 Å². The lowest BCUT2D eigenvalue weighted by Crippen LogP contribution is -2.35. The van der Waals surface area contributed by atoms with E-state index in [0.717, 1.165) is 58.0 Å². The summed E-state index contributed by atoms with van der Waals surface area (Å²) < 4.78 is 6.87. The van der Waals surface area contributed by atoms with Crippen molar-refractivity contribution in [3.63, 3.8) is 0 Å². The number of H-pyrrole nitrogens is 1. The molecule has 4 aromatic heterocycles. The minimum absolute atomic E-state index is 0.367. The van der Waals surface area contributed by atoms with Crippen LogP contribution >= 0.6 is 23.3 Å². The molecule has 4 aromatic rings. The van der Waals surface area contributed by atoms with Crippen LogP contribution < -0.4 is 5.32 Å². The molecule has 2 N–H and O–H groups in total. The fourth-order valence-electron chi connectivity index (χ4n) is 4.18. The van der Waals surface area contributed by atoms with E-state index in [4.69, 9.17) is 9.36 Å². The minimum atomic E-state index is 0.367.